The number of esters is 1. The third-order valence-electron chi connectivity index (χ3n) is 2.14. The third kappa shape index (κ3) is 3.52. The first-order valence-corrected chi connectivity index (χ1v) is 5.86. The van der Waals surface area contributed by atoms with Crippen LogP contribution in [0.1, 0.15) is 10.4 Å². The van der Waals surface area contributed by atoms with Gasteiger partial charge in [0.1, 0.15) is 0 Å². The molecule has 0 saturated heterocycles. The molecule has 1 aromatic heterocycles. The van der Waals surface area contributed by atoms with Gasteiger partial charge in [-0.05, 0) is 47.5 Å². The van der Waals surface area contributed by atoms with Gasteiger partial charge in [-0.25, -0.2) is 4.79 Å². The van der Waals surface area contributed by atoms with E-state index in [1.807, 2.05) is 0 Å². The second-order valence-corrected chi connectivity index (χ2v) is 4.07. The Morgan fingerprint density at radius 3 is 2.21 bits per heavy atom. The van der Waals surface area contributed by atoms with E-state index in [1.54, 1.807) is 24.3 Å². The van der Waals surface area contributed by atoms with Gasteiger partial charge in [0, 0.05) is 5.69 Å². The monoisotopic (exact) mass is 298 g/mol. The second kappa shape index (κ2) is 5.81. The van der Waals surface area contributed by atoms with Crippen LogP contribution in [0.2, 0.25) is 10.6 Å². The molecular formula is C11H8Cl2N4O2. The van der Waals surface area contributed by atoms with Crippen molar-refractivity contribution in [2.45, 2.75) is 0 Å². The highest BCUT2D eigenvalue weighted by Crippen LogP contribution is 2.16. The van der Waals surface area contributed by atoms with Crippen molar-refractivity contribution >= 4 is 40.8 Å². The fraction of sp³-hybridized carbons (Fsp3) is 0.0909. The number of hydrogen-bond donors (Lipinski definition) is 1. The Morgan fingerprint density at radius 1 is 1.11 bits per heavy atom. The number of hydrogen-bond acceptors (Lipinski definition) is 6. The van der Waals surface area contributed by atoms with E-state index < -0.39 is 5.97 Å². The Balaban J connectivity index is 2.17. The van der Waals surface area contributed by atoms with E-state index in [0.717, 1.165) is 0 Å². The summed E-state index contributed by atoms with van der Waals surface area (Å²) < 4.78 is 4.60. The quantitative estimate of drug-likeness (QED) is 0.878. The summed E-state index contributed by atoms with van der Waals surface area (Å²) in [7, 11) is 1.32. The number of nitrogens with one attached hydrogen (secondary N) is 1. The van der Waals surface area contributed by atoms with Gasteiger partial charge < -0.3 is 10.1 Å². The zero-order valence-electron chi connectivity index (χ0n) is 9.72. The van der Waals surface area contributed by atoms with Crippen molar-refractivity contribution in [3.05, 3.63) is 40.4 Å². The number of aromatic nitrogens is 3. The van der Waals surface area contributed by atoms with E-state index in [2.05, 4.69) is 25.0 Å². The van der Waals surface area contributed by atoms with Gasteiger partial charge in [0.25, 0.3) is 0 Å². The molecule has 1 N–H and O–H groups in total. The van der Waals surface area contributed by atoms with E-state index >= 15 is 0 Å². The number of carbonyl (C=O) groups excluding carboxylic acids is 1. The predicted molar refractivity (Wildman–Crippen MR) is 70.9 cm³/mol. The smallest absolute Gasteiger partial charge is 0.337 e. The maximum absolute atomic E-state index is 11.3. The van der Waals surface area contributed by atoms with Crippen LogP contribution in [0.3, 0.4) is 0 Å². The van der Waals surface area contributed by atoms with Crippen LogP contribution in [-0.4, -0.2) is 28.0 Å². The average Bonchev–Trinajstić information content (AvgIpc) is 2.37. The topological polar surface area (TPSA) is 77.0 Å². The van der Waals surface area contributed by atoms with Crippen LogP contribution in [0.4, 0.5) is 11.6 Å². The van der Waals surface area contributed by atoms with Crippen LogP contribution in [0, 0.1) is 0 Å². The molecule has 19 heavy (non-hydrogen) atoms. The highest BCUT2D eigenvalue weighted by atomic mass is 35.5. The van der Waals surface area contributed by atoms with Crippen molar-refractivity contribution in [2.75, 3.05) is 12.4 Å². The summed E-state index contributed by atoms with van der Waals surface area (Å²) in [5, 5.41) is 2.87. The molecule has 0 aliphatic heterocycles. The van der Waals surface area contributed by atoms with Crippen LogP contribution >= 0.6 is 23.2 Å². The third-order valence-corrected chi connectivity index (χ3v) is 2.48. The number of carbonyl (C=O) groups is 1. The minimum absolute atomic E-state index is 0.00585. The SMILES string of the molecule is COC(=O)c1ccc(Nc2nc(Cl)nc(Cl)n2)cc1. The minimum Gasteiger partial charge on any atom is -0.465 e. The normalized spacial score (nSPS) is 10.1. The van der Waals surface area contributed by atoms with Crippen molar-refractivity contribution < 1.29 is 9.53 Å². The van der Waals surface area contributed by atoms with Crippen LogP contribution in [0.15, 0.2) is 24.3 Å². The molecule has 1 heterocycles. The highest BCUT2D eigenvalue weighted by molar-refractivity contribution is 6.31. The van der Waals surface area contributed by atoms with Crippen molar-refractivity contribution in [1.82, 2.24) is 15.0 Å². The maximum atomic E-state index is 11.3. The number of anilines is 2. The summed E-state index contributed by atoms with van der Waals surface area (Å²) in [6, 6.07) is 6.58. The molecule has 0 radical (unpaired) electrons. The standard InChI is InChI=1S/C11H8Cl2N4O2/c1-19-8(18)6-2-4-7(5-3-6)14-11-16-9(12)15-10(13)17-11/h2-5H,1H3,(H,14,15,16,17). The van der Waals surface area contributed by atoms with Gasteiger partial charge in [0.05, 0.1) is 12.7 Å². The molecule has 8 heteroatoms. The number of halogens is 2. The van der Waals surface area contributed by atoms with Gasteiger partial charge in [-0.3, -0.25) is 0 Å². The first-order chi connectivity index (χ1) is 9.08. The van der Waals surface area contributed by atoms with Crippen molar-refractivity contribution in [2.24, 2.45) is 0 Å². The maximum Gasteiger partial charge on any atom is 0.337 e. The molecule has 0 aliphatic carbocycles. The molecule has 0 spiro atoms. The molecule has 1 aromatic carbocycles. The lowest BCUT2D eigenvalue weighted by atomic mass is 10.2. The molecule has 0 aliphatic rings. The van der Waals surface area contributed by atoms with Crippen molar-refractivity contribution in [3.63, 3.8) is 0 Å². The van der Waals surface area contributed by atoms with Gasteiger partial charge in [0.15, 0.2) is 0 Å². The summed E-state index contributed by atoms with van der Waals surface area (Å²) in [5.74, 6) is -0.186. The summed E-state index contributed by atoms with van der Waals surface area (Å²) in [5.41, 5.74) is 1.12. The van der Waals surface area contributed by atoms with Crippen LogP contribution in [-0.2, 0) is 4.74 Å². The van der Waals surface area contributed by atoms with Crippen LogP contribution < -0.4 is 5.32 Å². The Morgan fingerprint density at radius 2 is 1.68 bits per heavy atom. The van der Waals surface area contributed by atoms with Gasteiger partial charge in [-0.2, -0.15) is 15.0 Å². The lowest BCUT2D eigenvalue weighted by Crippen LogP contribution is -2.02. The Hall–Kier alpha value is -1.92. The van der Waals surface area contributed by atoms with Gasteiger partial charge in [-0.15, -0.1) is 0 Å². The molecule has 0 atom stereocenters. The zero-order valence-corrected chi connectivity index (χ0v) is 11.2. The first kappa shape index (κ1) is 13.5. The molecule has 0 fully saturated rings. The van der Waals surface area contributed by atoms with E-state index in [1.165, 1.54) is 7.11 Å². The summed E-state index contributed by atoms with van der Waals surface area (Å²) >= 11 is 11.3. The minimum atomic E-state index is -0.405. The summed E-state index contributed by atoms with van der Waals surface area (Å²) in [6.07, 6.45) is 0. The zero-order chi connectivity index (χ0) is 13.8. The van der Waals surface area contributed by atoms with E-state index in [4.69, 9.17) is 23.2 Å². The molecule has 0 unspecified atom stereocenters. The number of rotatable bonds is 3. The number of ether oxygens (including phenoxy) is 1. The number of benzene rings is 1. The molecule has 98 valence electrons. The lowest BCUT2D eigenvalue weighted by molar-refractivity contribution is 0.0601. The first-order valence-electron chi connectivity index (χ1n) is 5.11. The summed E-state index contributed by atoms with van der Waals surface area (Å²) in [4.78, 5) is 22.6. The van der Waals surface area contributed by atoms with Gasteiger partial charge >= 0.3 is 5.97 Å². The molecule has 6 nitrogen and oxygen atoms in total. The molecule has 2 rings (SSSR count). The fourth-order valence-corrected chi connectivity index (χ4v) is 1.68. The Kier molecular flexibility index (Phi) is 4.13. The van der Waals surface area contributed by atoms with E-state index in [9.17, 15) is 4.79 Å². The summed E-state index contributed by atoms with van der Waals surface area (Å²) in [6.45, 7) is 0. The van der Waals surface area contributed by atoms with Crippen molar-refractivity contribution in [1.29, 1.82) is 0 Å². The van der Waals surface area contributed by atoms with Gasteiger partial charge in [-0.1, -0.05) is 0 Å². The Labute approximate surface area is 118 Å². The molecule has 0 bridgehead atoms. The lowest BCUT2D eigenvalue weighted by Gasteiger charge is -2.05. The highest BCUT2D eigenvalue weighted by Gasteiger charge is 2.06. The van der Waals surface area contributed by atoms with Crippen LogP contribution in [0.5, 0.6) is 0 Å². The predicted octanol–water partition coefficient (Wildman–Crippen LogP) is 2.71. The van der Waals surface area contributed by atoms with Crippen LogP contribution in [0.25, 0.3) is 0 Å². The van der Waals surface area contributed by atoms with E-state index in [0.29, 0.717) is 11.3 Å². The largest absolute Gasteiger partial charge is 0.465 e. The number of methoxy groups -OCH3 is 1. The molecular weight excluding hydrogens is 291 g/mol. The Bertz CT molecular complexity index is 584. The van der Waals surface area contributed by atoms with Gasteiger partial charge in [0.2, 0.25) is 16.5 Å². The molecule has 0 saturated carbocycles. The van der Waals surface area contributed by atoms with Crippen molar-refractivity contribution in [3.8, 4) is 0 Å². The second-order valence-electron chi connectivity index (χ2n) is 3.39. The average molecular weight is 299 g/mol. The number of nitrogens with zero attached hydrogens (tertiary/aromatic N) is 3. The molecule has 2 aromatic rings. The molecule has 0 amide bonds. The fourth-order valence-electron chi connectivity index (χ4n) is 1.32. The van der Waals surface area contributed by atoms with E-state index in [-0.39, 0.29) is 16.5 Å².